The molecule has 0 radical (unpaired) electrons. The van der Waals surface area contributed by atoms with Crippen LogP contribution >= 0.6 is 0 Å². The normalized spacial score (nSPS) is 11.2. The lowest BCUT2D eigenvalue weighted by atomic mass is 10.2. The minimum absolute atomic E-state index is 0.248. The number of nitrogen functional groups attached to an aromatic ring is 1. The standard InChI is InChI=1S/C13H18F3N3O/c1-2-7-19(12(20)18-9-13(14,15)16)8-10-3-5-11(17)6-4-10/h3-6H,2,7-9,17H2,1H3,(H,18,20). The molecule has 2 amide bonds. The highest BCUT2D eigenvalue weighted by atomic mass is 19.4. The number of hydrogen-bond acceptors (Lipinski definition) is 2. The predicted molar refractivity (Wildman–Crippen MR) is 71.0 cm³/mol. The van der Waals surface area contributed by atoms with E-state index < -0.39 is 18.8 Å². The zero-order chi connectivity index (χ0) is 15.2. The molecule has 0 saturated heterocycles. The molecule has 0 unspecified atom stereocenters. The maximum atomic E-state index is 12.1. The number of halogens is 3. The maximum Gasteiger partial charge on any atom is 0.405 e. The smallest absolute Gasteiger partial charge is 0.399 e. The SMILES string of the molecule is CCCN(Cc1ccc(N)cc1)C(=O)NCC(F)(F)F. The molecule has 0 aromatic heterocycles. The van der Waals surface area contributed by atoms with Crippen molar-refractivity contribution in [1.29, 1.82) is 0 Å². The van der Waals surface area contributed by atoms with Crippen LogP contribution in [0.4, 0.5) is 23.7 Å². The highest BCUT2D eigenvalue weighted by Crippen LogP contribution is 2.13. The number of benzene rings is 1. The van der Waals surface area contributed by atoms with E-state index in [-0.39, 0.29) is 6.54 Å². The lowest BCUT2D eigenvalue weighted by Crippen LogP contribution is -2.43. The minimum Gasteiger partial charge on any atom is -0.399 e. The van der Waals surface area contributed by atoms with Gasteiger partial charge in [-0.15, -0.1) is 0 Å². The molecule has 112 valence electrons. The van der Waals surface area contributed by atoms with Crippen LogP contribution in [0.15, 0.2) is 24.3 Å². The molecule has 0 aliphatic carbocycles. The Labute approximate surface area is 115 Å². The molecular weight excluding hydrogens is 271 g/mol. The van der Waals surface area contributed by atoms with Crippen LogP contribution < -0.4 is 11.1 Å². The molecule has 0 aliphatic rings. The van der Waals surface area contributed by atoms with Crippen LogP contribution in [-0.2, 0) is 6.54 Å². The number of amides is 2. The molecule has 0 fully saturated rings. The van der Waals surface area contributed by atoms with Crippen LogP contribution in [0, 0.1) is 0 Å². The molecule has 0 heterocycles. The number of anilines is 1. The van der Waals surface area contributed by atoms with Gasteiger partial charge in [-0.05, 0) is 24.1 Å². The van der Waals surface area contributed by atoms with Gasteiger partial charge in [-0.1, -0.05) is 19.1 Å². The van der Waals surface area contributed by atoms with Crippen LogP contribution in [0.2, 0.25) is 0 Å². The fraction of sp³-hybridized carbons (Fsp3) is 0.462. The van der Waals surface area contributed by atoms with Gasteiger partial charge in [-0.3, -0.25) is 0 Å². The van der Waals surface area contributed by atoms with Gasteiger partial charge in [-0.2, -0.15) is 13.2 Å². The van der Waals surface area contributed by atoms with Gasteiger partial charge in [0.15, 0.2) is 0 Å². The fourth-order valence-electron chi connectivity index (χ4n) is 1.65. The number of hydrogen-bond donors (Lipinski definition) is 2. The Bertz CT molecular complexity index is 431. The third-order valence-electron chi connectivity index (χ3n) is 2.57. The number of nitrogens with one attached hydrogen (secondary N) is 1. The molecule has 0 saturated carbocycles. The van der Waals surface area contributed by atoms with E-state index in [4.69, 9.17) is 5.73 Å². The van der Waals surface area contributed by atoms with Crippen LogP contribution in [0.1, 0.15) is 18.9 Å². The van der Waals surface area contributed by atoms with Crippen molar-refractivity contribution in [3.63, 3.8) is 0 Å². The number of urea groups is 1. The molecular formula is C13H18F3N3O. The van der Waals surface area contributed by atoms with Gasteiger partial charge < -0.3 is 16.0 Å². The van der Waals surface area contributed by atoms with Gasteiger partial charge in [0.1, 0.15) is 6.54 Å². The second-order valence-corrected chi connectivity index (χ2v) is 4.44. The van der Waals surface area contributed by atoms with Crippen molar-refractivity contribution in [3.05, 3.63) is 29.8 Å². The molecule has 3 N–H and O–H groups in total. The summed E-state index contributed by atoms with van der Waals surface area (Å²) in [4.78, 5) is 13.1. The topological polar surface area (TPSA) is 58.4 Å². The van der Waals surface area contributed by atoms with E-state index in [9.17, 15) is 18.0 Å². The van der Waals surface area contributed by atoms with Gasteiger partial charge in [0, 0.05) is 18.8 Å². The summed E-state index contributed by atoms with van der Waals surface area (Å²) >= 11 is 0. The highest BCUT2D eigenvalue weighted by molar-refractivity contribution is 5.74. The third kappa shape index (κ3) is 5.81. The summed E-state index contributed by atoms with van der Waals surface area (Å²) in [6.07, 6.45) is -3.75. The van der Waals surface area contributed by atoms with E-state index in [1.165, 1.54) is 4.90 Å². The molecule has 0 bridgehead atoms. The average Bonchev–Trinajstić information content (AvgIpc) is 2.37. The molecule has 1 aromatic carbocycles. The molecule has 1 aromatic rings. The molecule has 7 heteroatoms. The molecule has 0 atom stereocenters. The van der Waals surface area contributed by atoms with Gasteiger partial charge in [-0.25, -0.2) is 4.79 Å². The Kier molecular flexibility index (Phi) is 5.66. The van der Waals surface area contributed by atoms with Crippen LogP contribution in [0.25, 0.3) is 0 Å². The first-order chi connectivity index (χ1) is 9.31. The third-order valence-corrected chi connectivity index (χ3v) is 2.57. The van der Waals surface area contributed by atoms with Crippen molar-refractivity contribution in [1.82, 2.24) is 10.2 Å². The highest BCUT2D eigenvalue weighted by Gasteiger charge is 2.28. The first-order valence-electron chi connectivity index (χ1n) is 6.25. The van der Waals surface area contributed by atoms with Crippen molar-refractivity contribution >= 4 is 11.7 Å². The largest absolute Gasteiger partial charge is 0.405 e. The summed E-state index contributed by atoms with van der Waals surface area (Å²) in [5.74, 6) is 0. The van der Waals surface area contributed by atoms with Crippen LogP contribution in [0.5, 0.6) is 0 Å². The summed E-state index contributed by atoms with van der Waals surface area (Å²) in [6.45, 7) is 1.16. The summed E-state index contributed by atoms with van der Waals surface area (Å²) in [5, 5.41) is 1.88. The quantitative estimate of drug-likeness (QED) is 0.819. The van der Waals surface area contributed by atoms with Crippen molar-refractivity contribution < 1.29 is 18.0 Å². The minimum atomic E-state index is -4.41. The van der Waals surface area contributed by atoms with Gasteiger partial charge >= 0.3 is 12.2 Å². The van der Waals surface area contributed by atoms with Gasteiger partial charge in [0.2, 0.25) is 0 Å². The van der Waals surface area contributed by atoms with E-state index in [2.05, 4.69) is 0 Å². The molecule has 20 heavy (non-hydrogen) atoms. The fourth-order valence-corrected chi connectivity index (χ4v) is 1.65. The van der Waals surface area contributed by atoms with Crippen molar-refractivity contribution in [3.8, 4) is 0 Å². The number of carbonyl (C=O) groups is 1. The zero-order valence-electron chi connectivity index (χ0n) is 11.2. The summed E-state index contributed by atoms with van der Waals surface area (Å²) in [7, 11) is 0. The Morgan fingerprint density at radius 3 is 2.40 bits per heavy atom. The van der Waals surface area contributed by atoms with Gasteiger partial charge in [0.05, 0.1) is 0 Å². The Morgan fingerprint density at radius 2 is 1.90 bits per heavy atom. The number of alkyl halides is 3. The number of nitrogens with two attached hydrogens (primary N) is 1. The summed E-state index contributed by atoms with van der Waals surface area (Å²) in [6, 6.07) is 6.14. The first kappa shape index (κ1) is 16.1. The van der Waals surface area contributed by atoms with Crippen molar-refractivity contribution in [2.75, 3.05) is 18.8 Å². The number of carbonyl (C=O) groups excluding carboxylic acids is 1. The van der Waals surface area contributed by atoms with Gasteiger partial charge in [0.25, 0.3) is 0 Å². The Morgan fingerprint density at radius 1 is 1.30 bits per heavy atom. The molecule has 1 rings (SSSR count). The second-order valence-electron chi connectivity index (χ2n) is 4.44. The van der Waals surface area contributed by atoms with E-state index in [0.717, 1.165) is 5.56 Å². The van der Waals surface area contributed by atoms with Crippen LogP contribution in [-0.4, -0.2) is 30.2 Å². The zero-order valence-corrected chi connectivity index (χ0v) is 11.2. The van der Waals surface area contributed by atoms with E-state index in [1.54, 1.807) is 24.3 Å². The monoisotopic (exact) mass is 289 g/mol. The predicted octanol–water partition coefficient (Wildman–Crippen LogP) is 2.75. The maximum absolute atomic E-state index is 12.1. The first-order valence-corrected chi connectivity index (χ1v) is 6.25. The second kappa shape index (κ2) is 7.02. The molecule has 0 spiro atoms. The Balaban J connectivity index is 2.63. The molecule has 4 nitrogen and oxygen atoms in total. The van der Waals surface area contributed by atoms with E-state index in [0.29, 0.717) is 18.7 Å². The van der Waals surface area contributed by atoms with Crippen LogP contribution in [0.3, 0.4) is 0 Å². The summed E-state index contributed by atoms with van der Waals surface area (Å²) < 4.78 is 36.3. The van der Waals surface area contributed by atoms with E-state index in [1.807, 2.05) is 12.2 Å². The summed E-state index contributed by atoms with van der Waals surface area (Å²) in [5.41, 5.74) is 6.96. The Hall–Kier alpha value is -1.92. The number of rotatable bonds is 5. The lowest BCUT2D eigenvalue weighted by molar-refractivity contribution is -0.123. The van der Waals surface area contributed by atoms with Crippen molar-refractivity contribution in [2.24, 2.45) is 0 Å². The van der Waals surface area contributed by atoms with E-state index >= 15 is 0 Å². The average molecular weight is 289 g/mol. The molecule has 0 aliphatic heterocycles. The van der Waals surface area contributed by atoms with Crippen molar-refractivity contribution in [2.45, 2.75) is 26.1 Å². The lowest BCUT2D eigenvalue weighted by Gasteiger charge is -2.23. The number of nitrogens with zero attached hydrogens (tertiary/aromatic N) is 1.